The molecule has 2 unspecified atom stereocenters. The smallest absolute Gasteiger partial charge is 0.122 e. The first kappa shape index (κ1) is 12.1. The fourth-order valence-corrected chi connectivity index (χ4v) is 2.54. The van der Waals surface area contributed by atoms with Crippen molar-refractivity contribution in [3.8, 4) is 11.5 Å². The van der Waals surface area contributed by atoms with Crippen LogP contribution in [0.3, 0.4) is 0 Å². The van der Waals surface area contributed by atoms with Gasteiger partial charge >= 0.3 is 0 Å². The Morgan fingerprint density at radius 1 is 1.16 bits per heavy atom. The Morgan fingerprint density at radius 3 is 2.63 bits per heavy atom. The molecule has 1 heterocycles. The van der Waals surface area contributed by atoms with Crippen molar-refractivity contribution < 1.29 is 9.47 Å². The number of para-hydroxylation sites is 1. The molecule has 3 nitrogen and oxygen atoms in total. The first-order chi connectivity index (χ1) is 9.29. The van der Waals surface area contributed by atoms with Crippen molar-refractivity contribution in [2.75, 3.05) is 13.7 Å². The van der Waals surface area contributed by atoms with Gasteiger partial charge in [0.2, 0.25) is 0 Å². The normalized spacial score (nSPS) is 18.5. The summed E-state index contributed by atoms with van der Waals surface area (Å²) >= 11 is 0. The summed E-state index contributed by atoms with van der Waals surface area (Å²) in [5.41, 5.74) is 8.69. The van der Waals surface area contributed by atoms with Gasteiger partial charge in [0.05, 0.1) is 13.7 Å². The zero-order valence-corrected chi connectivity index (χ0v) is 10.9. The lowest BCUT2D eigenvalue weighted by atomic mass is 9.89. The second kappa shape index (κ2) is 4.94. The third kappa shape index (κ3) is 2.17. The molecule has 2 atom stereocenters. The fourth-order valence-electron chi connectivity index (χ4n) is 2.54. The second-order valence-corrected chi connectivity index (χ2v) is 4.75. The van der Waals surface area contributed by atoms with Gasteiger partial charge in [-0.3, -0.25) is 0 Å². The minimum absolute atomic E-state index is 0.0606. The van der Waals surface area contributed by atoms with Gasteiger partial charge < -0.3 is 15.2 Å². The largest absolute Gasteiger partial charge is 0.497 e. The van der Waals surface area contributed by atoms with Crippen molar-refractivity contribution in [1.29, 1.82) is 0 Å². The van der Waals surface area contributed by atoms with Gasteiger partial charge in [-0.2, -0.15) is 0 Å². The molecule has 0 bridgehead atoms. The minimum atomic E-state index is -0.0606. The van der Waals surface area contributed by atoms with Crippen molar-refractivity contribution in [1.82, 2.24) is 0 Å². The lowest BCUT2D eigenvalue weighted by Crippen LogP contribution is -2.20. The van der Waals surface area contributed by atoms with E-state index in [1.165, 1.54) is 5.56 Å². The Bertz CT molecular complexity index is 565. The van der Waals surface area contributed by atoms with Crippen molar-refractivity contribution in [3.05, 3.63) is 59.7 Å². The highest BCUT2D eigenvalue weighted by Gasteiger charge is 2.29. The lowest BCUT2D eigenvalue weighted by Gasteiger charge is -2.19. The molecule has 0 aliphatic carbocycles. The van der Waals surface area contributed by atoms with Crippen molar-refractivity contribution in [3.63, 3.8) is 0 Å². The highest BCUT2D eigenvalue weighted by molar-refractivity contribution is 5.42. The third-order valence-corrected chi connectivity index (χ3v) is 3.67. The maximum Gasteiger partial charge on any atom is 0.122 e. The molecule has 2 N–H and O–H groups in total. The van der Waals surface area contributed by atoms with Crippen LogP contribution in [0.2, 0.25) is 0 Å². The van der Waals surface area contributed by atoms with E-state index in [0.717, 1.165) is 17.1 Å². The highest BCUT2D eigenvalue weighted by atomic mass is 16.5. The molecule has 0 aromatic heterocycles. The molecule has 19 heavy (non-hydrogen) atoms. The zero-order chi connectivity index (χ0) is 13.2. The summed E-state index contributed by atoms with van der Waals surface area (Å²) < 4.78 is 10.9. The van der Waals surface area contributed by atoms with Gasteiger partial charge in [0.1, 0.15) is 11.5 Å². The van der Waals surface area contributed by atoms with Gasteiger partial charge in [0.25, 0.3) is 0 Å². The molecule has 2 aromatic rings. The van der Waals surface area contributed by atoms with Crippen molar-refractivity contribution >= 4 is 0 Å². The molecule has 2 aromatic carbocycles. The van der Waals surface area contributed by atoms with Crippen LogP contribution in [-0.2, 0) is 0 Å². The van der Waals surface area contributed by atoms with Gasteiger partial charge in [0.15, 0.2) is 0 Å². The van der Waals surface area contributed by atoms with Crippen LogP contribution in [0.1, 0.15) is 23.1 Å². The van der Waals surface area contributed by atoms with E-state index >= 15 is 0 Å². The Morgan fingerprint density at radius 2 is 1.89 bits per heavy atom. The van der Waals surface area contributed by atoms with E-state index in [1.807, 2.05) is 42.5 Å². The second-order valence-electron chi connectivity index (χ2n) is 4.75. The Hall–Kier alpha value is -2.00. The predicted molar refractivity (Wildman–Crippen MR) is 74.6 cm³/mol. The Balaban J connectivity index is 1.86. The van der Waals surface area contributed by atoms with E-state index in [4.69, 9.17) is 15.2 Å². The van der Waals surface area contributed by atoms with Gasteiger partial charge in [-0.25, -0.2) is 0 Å². The number of hydrogen-bond donors (Lipinski definition) is 1. The number of fused-ring (bicyclic) bond motifs is 1. The van der Waals surface area contributed by atoms with Crippen LogP contribution in [-0.4, -0.2) is 13.7 Å². The number of rotatable bonds is 3. The summed E-state index contributed by atoms with van der Waals surface area (Å²) in [5.74, 6) is 2.01. The molecule has 98 valence electrons. The summed E-state index contributed by atoms with van der Waals surface area (Å²) in [7, 11) is 1.66. The summed E-state index contributed by atoms with van der Waals surface area (Å²) in [6.45, 7) is 0.645. The van der Waals surface area contributed by atoms with E-state index in [2.05, 4.69) is 6.07 Å². The first-order valence-electron chi connectivity index (χ1n) is 6.41. The van der Waals surface area contributed by atoms with E-state index in [9.17, 15) is 0 Å². The van der Waals surface area contributed by atoms with Crippen LogP contribution >= 0.6 is 0 Å². The number of ether oxygens (including phenoxy) is 2. The first-order valence-corrected chi connectivity index (χ1v) is 6.41. The summed E-state index contributed by atoms with van der Waals surface area (Å²) in [6, 6.07) is 16.0. The number of nitrogens with two attached hydrogens (primary N) is 1. The molecule has 0 saturated carbocycles. The molecule has 3 heteroatoms. The molecular formula is C16H17NO2. The zero-order valence-electron chi connectivity index (χ0n) is 10.9. The summed E-state index contributed by atoms with van der Waals surface area (Å²) in [4.78, 5) is 0. The Kier molecular flexibility index (Phi) is 3.13. The van der Waals surface area contributed by atoms with Crippen LogP contribution in [0.25, 0.3) is 0 Å². The van der Waals surface area contributed by atoms with Gasteiger partial charge in [0, 0.05) is 17.5 Å². The van der Waals surface area contributed by atoms with Gasteiger partial charge in [-0.05, 0) is 23.8 Å². The molecule has 0 spiro atoms. The lowest BCUT2D eigenvalue weighted by molar-refractivity contribution is 0.315. The standard InChI is InChI=1S/C16H17NO2/c1-18-12-8-6-11(7-9-12)16(17)14-10-19-15-5-3-2-4-13(14)15/h2-9,14,16H,10,17H2,1H3. The van der Waals surface area contributed by atoms with Crippen molar-refractivity contribution in [2.45, 2.75) is 12.0 Å². The quantitative estimate of drug-likeness (QED) is 0.917. The maximum atomic E-state index is 6.39. The topological polar surface area (TPSA) is 44.5 Å². The van der Waals surface area contributed by atoms with Crippen LogP contribution < -0.4 is 15.2 Å². The van der Waals surface area contributed by atoms with Gasteiger partial charge in [-0.15, -0.1) is 0 Å². The van der Waals surface area contributed by atoms with E-state index in [0.29, 0.717) is 6.61 Å². The third-order valence-electron chi connectivity index (χ3n) is 3.67. The molecule has 3 rings (SSSR count). The predicted octanol–water partition coefficient (Wildman–Crippen LogP) is 2.87. The molecule has 0 saturated heterocycles. The van der Waals surface area contributed by atoms with Gasteiger partial charge in [-0.1, -0.05) is 30.3 Å². The number of hydrogen-bond acceptors (Lipinski definition) is 3. The van der Waals surface area contributed by atoms with Crippen LogP contribution in [0.15, 0.2) is 48.5 Å². The highest BCUT2D eigenvalue weighted by Crippen LogP contribution is 2.40. The van der Waals surface area contributed by atoms with E-state index in [1.54, 1.807) is 7.11 Å². The number of methoxy groups -OCH3 is 1. The minimum Gasteiger partial charge on any atom is -0.497 e. The summed E-state index contributed by atoms with van der Waals surface area (Å²) in [6.07, 6.45) is 0. The molecule has 0 radical (unpaired) electrons. The SMILES string of the molecule is COc1ccc(C(N)C2COc3ccccc32)cc1. The average molecular weight is 255 g/mol. The van der Waals surface area contributed by atoms with E-state index in [-0.39, 0.29) is 12.0 Å². The van der Waals surface area contributed by atoms with E-state index < -0.39 is 0 Å². The maximum absolute atomic E-state index is 6.39. The fraction of sp³-hybridized carbons (Fsp3) is 0.250. The monoisotopic (exact) mass is 255 g/mol. The number of benzene rings is 2. The Labute approximate surface area is 113 Å². The summed E-state index contributed by atoms with van der Waals surface area (Å²) in [5, 5.41) is 0. The molecule has 0 amide bonds. The van der Waals surface area contributed by atoms with Crippen LogP contribution in [0, 0.1) is 0 Å². The molecule has 0 fully saturated rings. The molecule has 1 aliphatic heterocycles. The van der Waals surface area contributed by atoms with Crippen molar-refractivity contribution in [2.24, 2.45) is 5.73 Å². The molecule has 1 aliphatic rings. The average Bonchev–Trinajstić information content (AvgIpc) is 2.90. The van der Waals surface area contributed by atoms with Crippen LogP contribution in [0.4, 0.5) is 0 Å². The van der Waals surface area contributed by atoms with Crippen LogP contribution in [0.5, 0.6) is 11.5 Å². The molecular weight excluding hydrogens is 238 g/mol.